The highest BCUT2D eigenvalue weighted by molar-refractivity contribution is 6.50. The van der Waals surface area contributed by atoms with Gasteiger partial charge in [-0.3, -0.25) is 19.2 Å². The summed E-state index contributed by atoms with van der Waals surface area (Å²) in [5, 5.41) is 0. The van der Waals surface area contributed by atoms with E-state index in [1.54, 1.807) is 0 Å². The van der Waals surface area contributed by atoms with Crippen LogP contribution in [-0.2, 0) is 23.9 Å². The Balaban J connectivity index is 2.23. The zero-order chi connectivity index (χ0) is 14.2. The van der Waals surface area contributed by atoms with Gasteiger partial charge in [0, 0.05) is 11.1 Å². The van der Waals surface area contributed by atoms with Gasteiger partial charge in [0.25, 0.3) is 11.6 Å². The summed E-state index contributed by atoms with van der Waals surface area (Å²) < 4.78 is 5.09. The van der Waals surface area contributed by atoms with Crippen LogP contribution in [-0.4, -0.2) is 23.1 Å². The molecule has 0 aliphatic heterocycles. The summed E-state index contributed by atoms with van der Waals surface area (Å²) in [6, 6.07) is 0. The van der Waals surface area contributed by atoms with E-state index in [-0.39, 0.29) is 35.5 Å². The second-order valence-corrected chi connectivity index (χ2v) is 4.17. The molecule has 0 heterocycles. The van der Waals surface area contributed by atoms with Crippen LogP contribution in [0.15, 0.2) is 48.0 Å². The number of carbonyl (C=O) groups excluding carboxylic acids is 4. The van der Waals surface area contributed by atoms with E-state index in [1.165, 1.54) is 12.2 Å². The Bertz CT molecular complexity index is 562. The number of ketones is 4. The lowest BCUT2D eigenvalue weighted by Crippen LogP contribution is -2.27. The first-order valence-electron chi connectivity index (χ1n) is 5.53. The second kappa shape index (κ2) is 4.61. The molecule has 2 rings (SSSR count). The van der Waals surface area contributed by atoms with Gasteiger partial charge in [0.1, 0.15) is 0 Å². The van der Waals surface area contributed by atoms with Crippen molar-refractivity contribution in [2.24, 2.45) is 0 Å². The van der Waals surface area contributed by atoms with Crippen molar-refractivity contribution >= 4 is 23.1 Å². The lowest BCUT2D eigenvalue weighted by atomic mass is 9.97. The largest absolute Gasteiger partial charge is 0.449 e. The highest BCUT2D eigenvalue weighted by Gasteiger charge is 2.32. The fourth-order valence-corrected chi connectivity index (χ4v) is 1.64. The summed E-state index contributed by atoms with van der Waals surface area (Å²) in [5.74, 6) is -3.67. The highest BCUT2D eigenvalue weighted by atomic mass is 16.5. The molecular weight excluding hydrogens is 248 g/mol. The molecule has 0 saturated carbocycles. The van der Waals surface area contributed by atoms with Crippen LogP contribution in [0.4, 0.5) is 0 Å². The Hall–Kier alpha value is -2.56. The molecule has 96 valence electrons. The second-order valence-electron chi connectivity index (χ2n) is 4.17. The fraction of sp³-hybridized carbons (Fsp3) is 0.143. The summed E-state index contributed by atoms with van der Waals surface area (Å²) >= 11 is 0. The van der Waals surface area contributed by atoms with Crippen LogP contribution in [0.5, 0.6) is 0 Å². The lowest BCUT2D eigenvalue weighted by molar-refractivity contribution is -0.136. The van der Waals surface area contributed by atoms with E-state index in [9.17, 15) is 19.2 Å². The van der Waals surface area contributed by atoms with Crippen molar-refractivity contribution in [1.82, 2.24) is 0 Å². The van der Waals surface area contributed by atoms with E-state index in [1.807, 2.05) is 0 Å². The topological polar surface area (TPSA) is 77.5 Å². The number of ether oxygens (including phenoxy) is 1. The van der Waals surface area contributed by atoms with Gasteiger partial charge in [0.05, 0.1) is 0 Å². The molecule has 5 heteroatoms. The molecule has 0 aromatic heterocycles. The fourth-order valence-electron chi connectivity index (χ4n) is 1.64. The Morgan fingerprint density at radius 1 is 0.737 bits per heavy atom. The van der Waals surface area contributed by atoms with Crippen LogP contribution in [0, 0.1) is 0 Å². The van der Waals surface area contributed by atoms with Gasteiger partial charge in [-0.1, -0.05) is 13.2 Å². The number of hydrogen-bond donors (Lipinski definition) is 0. The number of allylic oxidation sites excluding steroid dienone is 6. The minimum absolute atomic E-state index is 0.172. The van der Waals surface area contributed by atoms with Gasteiger partial charge in [-0.25, -0.2) is 0 Å². The maximum absolute atomic E-state index is 11.6. The maximum atomic E-state index is 11.6. The monoisotopic (exact) mass is 258 g/mol. The summed E-state index contributed by atoms with van der Waals surface area (Å²) in [7, 11) is 0. The van der Waals surface area contributed by atoms with Crippen LogP contribution in [0.3, 0.4) is 0 Å². The van der Waals surface area contributed by atoms with Gasteiger partial charge in [0.15, 0.2) is 11.5 Å². The standard InChI is InChI=1S/C14H10O5/c1-7-3-5-9(13(17)11(7)15)19-10-6-4-8(2)12(16)14(10)18/h5-6H,1-4H2. The number of hydrogen-bond acceptors (Lipinski definition) is 5. The molecule has 0 unspecified atom stereocenters. The molecule has 0 radical (unpaired) electrons. The molecule has 0 saturated heterocycles. The van der Waals surface area contributed by atoms with Crippen molar-refractivity contribution in [2.75, 3.05) is 0 Å². The van der Waals surface area contributed by atoms with Crippen molar-refractivity contribution < 1.29 is 23.9 Å². The molecule has 2 aliphatic carbocycles. The molecule has 0 fully saturated rings. The Morgan fingerprint density at radius 3 is 1.47 bits per heavy atom. The molecule has 0 N–H and O–H groups in total. The van der Waals surface area contributed by atoms with Crippen LogP contribution < -0.4 is 0 Å². The third-order valence-corrected chi connectivity index (χ3v) is 2.79. The van der Waals surface area contributed by atoms with Crippen LogP contribution in [0.2, 0.25) is 0 Å². The minimum Gasteiger partial charge on any atom is -0.449 e. The van der Waals surface area contributed by atoms with Gasteiger partial charge >= 0.3 is 0 Å². The van der Waals surface area contributed by atoms with Crippen LogP contribution >= 0.6 is 0 Å². The maximum Gasteiger partial charge on any atom is 0.267 e. The van der Waals surface area contributed by atoms with E-state index in [2.05, 4.69) is 13.2 Å². The molecular formula is C14H10O5. The Kier molecular flexibility index (Phi) is 3.12. The summed E-state index contributed by atoms with van der Waals surface area (Å²) in [6.45, 7) is 6.89. The van der Waals surface area contributed by atoms with Gasteiger partial charge < -0.3 is 4.74 Å². The first kappa shape index (κ1) is 12.9. The van der Waals surface area contributed by atoms with Crippen molar-refractivity contribution in [3.05, 3.63) is 48.0 Å². The molecule has 0 aromatic carbocycles. The van der Waals surface area contributed by atoms with E-state index < -0.39 is 23.1 Å². The first-order valence-corrected chi connectivity index (χ1v) is 5.53. The van der Waals surface area contributed by atoms with E-state index in [4.69, 9.17) is 4.74 Å². The molecule has 19 heavy (non-hydrogen) atoms. The average molecular weight is 258 g/mol. The van der Waals surface area contributed by atoms with Crippen LogP contribution in [0.1, 0.15) is 12.8 Å². The van der Waals surface area contributed by atoms with Gasteiger partial charge in [-0.05, 0) is 25.0 Å². The number of rotatable bonds is 2. The zero-order valence-corrected chi connectivity index (χ0v) is 10.0. The molecule has 2 aliphatic rings. The predicted molar refractivity (Wildman–Crippen MR) is 64.8 cm³/mol. The van der Waals surface area contributed by atoms with Crippen molar-refractivity contribution in [3.8, 4) is 0 Å². The number of carbonyl (C=O) groups is 4. The normalized spacial score (nSPS) is 20.4. The van der Waals surface area contributed by atoms with Crippen molar-refractivity contribution in [1.29, 1.82) is 0 Å². The smallest absolute Gasteiger partial charge is 0.267 e. The summed E-state index contributed by atoms with van der Waals surface area (Å²) in [5.41, 5.74) is 0.344. The third-order valence-electron chi connectivity index (χ3n) is 2.79. The Morgan fingerprint density at radius 2 is 1.11 bits per heavy atom. The minimum atomic E-state index is -0.859. The molecule has 0 amide bonds. The van der Waals surface area contributed by atoms with E-state index in [0.717, 1.165) is 0 Å². The van der Waals surface area contributed by atoms with E-state index >= 15 is 0 Å². The zero-order valence-electron chi connectivity index (χ0n) is 10.0. The van der Waals surface area contributed by atoms with Crippen LogP contribution in [0.25, 0.3) is 0 Å². The van der Waals surface area contributed by atoms with Crippen molar-refractivity contribution in [3.63, 3.8) is 0 Å². The molecule has 5 nitrogen and oxygen atoms in total. The molecule has 0 atom stereocenters. The quantitative estimate of drug-likeness (QED) is 0.544. The van der Waals surface area contributed by atoms with Gasteiger partial charge in [-0.2, -0.15) is 0 Å². The molecule has 0 bridgehead atoms. The van der Waals surface area contributed by atoms with Gasteiger partial charge in [-0.15, -0.1) is 0 Å². The lowest BCUT2D eigenvalue weighted by Gasteiger charge is -2.17. The predicted octanol–water partition coefficient (Wildman–Crippen LogP) is 0.967. The summed E-state index contributed by atoms with van der Waals surface area (Å²) in [6.07, 6.45) is 3.10. The first-order chi connectivity index (χ1) is 8.91. The Labute approximate surface area is 108 Å². The van der Waals surface area contributed by atoms with Crippen molar-refractivity contribution in [2.45, 2.75) is 12.8 Å². The third kappa shape index (κ3) is 2.22. The summed E-state index contributed by atoms with van der Waals surface area (Å²) in [4.78, 5) is 46.1. The van der Waals surface area contributed by atoms with Gasteiger partial charge in [0.2, 0.25) is 11.6 Å². The molecule has 0 spiro atoms. The van der Waals surface area contributed by atoms with E-state index in [0.29, 0.717) is 0 Å². The average Bonchev–Trinajstić information content (AvgIpc) is 2.39. The SMILES string of the molecule is C=C1CC=C(OC2=CCC(=C)C(=O)C2=O)C(=O)C1=O. The highest BCUT2D eigenvalue weighted by Crippen LogP contribution is 2.23. The molecule has 0 aromatic rings. The number of Topliss-reactive ketones (excluding diaryl/α,β-unsaturated/α-hetero) is 4.